The number of carbonyl (C=O) groups is 7. The van der Waals surface area contributed by atoms with Gasteiger partial charge < -0.3 is 47.4 Å². The van der Waals surface area contributed by atoms with E-state index in [0.29, 0.717) is 18.4 Å². The number of carboxylic acid groups (broad SMARTS) is 1. The number of hydrogen-bond acceptors (Lipinski definition) is 8. The van der Waals surface area contributed by atoms with Crippen molar-refractivity contribution in [2.24, 2.45) is 11.5 Å². The van der Waals surface area contributed by atoms with Crippen LogP contribution in [-0.2, 0) is 24.0 Å². The average Bonchev–Trinajstić information content (AvgIpc) is 2.83. The van der Waals surface area contributed by atoms with Gasteiger partial charge in [-0.15, -0.1) is 0 Å². The van der Waals surface area contributed by atoms with Crippen LogP contribution in [0.5, 0.6) is 0 Å². The average molecular weight is 507 g/mol. The molecule has 196 valence electrons. The number of benzene rings is 1. The Balaban J connectivity index is 2.96. The zero-order valence-corrected chi connectivity index (χ0v) is 19.4. The lowest BCUT2D eigenvalue weighted by atomic mass is 10.1. The maximum absolute atomic E-state index is 12.9. The SMILES string of the molecule is NCCCC(NC(=O)C(CCC=O)NC(=O)c1ccc(NC(N)=O)cc1)C(=O)NC(C=O)CC(=O)O. The summed E-state index contributed by atoms with van der Waals surface area (Å²) >= 11 is 0. The number of amides is 5. The van der Waals surface area contributed by atoms with Gasteiger partial charge in [-0.05, 0) is 50.1 Å². The number of anilines is 1. The highest BCUT2D eigenvalue weighted by Crippen LogP contribution is 2.10. The van der Waals surface area contributed by atoms with E-state index in [2.05, 4.69) is 21.3 Å². The molecule has 0 heterocycles. The normalized spacial score (nSPS) is 12.8. The third-order valence-electron chi connectivity index (χ3n) is 4.83. The van der Waals surface area contributed by atoms with Crippen molar-refractivity contribution in [1.82, 2.24) is 16.0 Å². The molecule has 1 rings (SSSR count). The zero-order chi connectivity index (χ0) is 27.1. The minimum Gasteiger partial charge on any atom is -0.481 e. The Morgan fingerprint density at radius 3 is 2.06 bits per heavy atom. The van der Waals surface area contributed by atoms with Crippen LogP contribution >= 0.6 is 0 Å². The van der Waals surface area contributed by atoms with Crippen LogP contribution in [0.2, 0.25) is 0 Å². The summed E-state index contributed by atoms with van der Waals surface area (Å²) in [6, 6.07) is 1.16. The molecular formula is C22H30N6O8. The van der Waals surface area contributed by atoms with Gasteiger partial charge in [-0.25, -0.2) is 4.79 Å². The van der Waals surface area contributed by atoms with Crippen molar-refractivity contribution in [2.45, 2.75) is 50.2 Å². The third kappa shape index (κ3) is 10.7. The molecule has 5 amide bonds. The molecule has 14 heteroatoms. The molecule has 0 saturated heterocycles. The summed E-state index contributed by atoms with van der Waals surface area (Å²) in [7, 11) is 0. The Kier molecular flexibility index (Phi) is 12.8. The second-order valence-corrected chi connectivity index (χ2v) is 7.68. The van der Waals surface area contributed by atoms with Crippen molar-refractivity contribution in [3.05, 3.63) is 29.8 Å². The molecule has 1 aromatic carbocycles. The van der Waals surface area contributed by atoms with E-state index < -0.39 is 54.3 Å². The fourth-order valence-corrected chi connectivity index (χ4v) is 3.06. The molecule has 3 unspecified atom stereocenters. The van der Waals surface area contributed by atoms with E-state index in [9.17, 15) is 33.6 Å². The van der Waals surface area contributed by atoms with Gasteiger partial charge in [-0.2, -0.15) is 0 Å². The van der Waals surface area contributed by atoms with Crippen molar-refractivity contribution in [2.75, 3.05) is 11.9 Å². The van der Waals surface area contributed by atoms with Crippen LogP contribution in [0, 0.1) is 0 Å². The van der Waals surface area contributed by atoms with Gasteiger partial charge in [-0.3, -0.25) is 19.2 Å². The van der Waals surface area contributed by atoms with Gasteiger partial charge in [0.05, 0.1) is 12.5 Å². The molecule has 0 fully saturated rings. The van der Waals surface area contributed by atoms with Gasteiger partial charge in [0, 0.05) is 17.7 Å². The smallest absolute Gasteiger partial charge is 0.316 e. The number of nitrogens with two attached hydrogens (primary N) is 2. The molecule has 0 spiro atoms. The Hall–Kier alpha value is -4.33. The van der Waals surface area contributed by atoms with Gasteiger partial charge in [0.25, 0.3) is 5.91 Å². The molecule has 1 aromatic rings. The first-order valence-electron chi connectivity index (χ1n) is 11.0. The predicted octanol–water partition coefficient (Wildman–Crippen LogP) is -1.36. The topological polar surface area (TPSA) is 240 Å². The summed E-state index contributed by atoms with van der Waals surface area (Å²) < 4.78 is 0. The summed E-state index contributed by atoms with van der Waals surface area (Å²) in [5.41, 5.74) is 11.0. The highest BCUT2D eigenvalue weighted by molar-refractivity contribution is 5.99. The highest BCUT2D eigenvalue weighted by atomic mass is 16.4. The van der Waals surface area contributed by atoms with Crippen molar-refractivity contribution >= 4 is 48.0 Å². The Labute approximate surface area is 206 Å². The number of hydrogen-bond donors (Lipinski definition) is 7. The number of aliphatic carboxylic acids is 1. The van der Waals surface area contributed by atoms with Gasteiger partial charge >= 0.3 is 12.0 Å². The van der Waals surface area contributed by atoms with Crippen molar-refractivity contribution in [3.63, 3.8) is 0 Å². The lowest BCUT2D eigenvalue weighted by molar-refractivity contribution is -0.139. The molecule has 36 heavy (non-hydrogen) atoms. The van der Waals surface area contributed by atoms with Crippen LogP contribution < -0.4 is 32.7 Å². The number of carbonyl (C=O) groups excluding carboxylic acids is 6. The molecule has 0 aromatic heterocycles. The highest BCUT2D eigenvalue weighted by Gasteiger charge is 2.28. The molecule has 0 radical (unpaired) electrons. The molecule has 0 aliphatic heterocycles. The molecule has 0 saturated carbocycles. The first-order valence-corrected chi connectivity index (χ1v) is 11.0. The Bertz CT molecular complexity index is 952. The largest absolute Gasteiger partial charge is 0.481 e. The Morgan fingerprint density at radius 1 is 0.917 bits per heavy atom. The lowest BCUT2D eigenvalue weighted by Gasteiger charge is -2.24. The number of nitrogens with one attached hydrogen (secondary N) is 4. The fraction of sp³-hybridized carbons (Fsp3) is 0.409. The van der Waals surface area contributed by atoms with Crippen LogP contribution in [0.4, 0.5) is 10.5 Å². The summed E-state index contributed by atoms with van der Waals surface area (Å²) in [5.74, 6) is -3.52. The van der Waals surface area contributed by atoms with Crippen molar-refractivity contribution in [1.29, 1.82) is 0 Å². The number of aldehydes is 2. The number of urea groups is 1. The lowest BCUT2D eigenvalue weighted by Crippen LogP contribution is -2.55. The number of primary amides is 1. The van der Waals surface area contributed by atoms with E-state index in [1.165, 1.54) is 24.3 Å². The van der Waals surface area contributed by atoms with Gasteiger partial charge in [0.2, 0.25) is 11.8 Å². The predicted molar refractivity (Wildman–Crippen MR) is 127 cm³/mol. The second-order valence-electron chi connectivity index (χ2n) is 7.68. The third-order valence-corrected chi connectivity index (χ3v) is 4.83. The summed E-state index contributed by atoms with van der Waals surface area (Å²) in [5, 5.41) is 18.4. The molecule has 0 aliphatic carbocycles. The van der Waals surface area contributed by atoms with Gasteiger partial charge in [-0.1, -0.05) is 0 Å². The molecule has 3 atom stereocenters. The molecule has 14 nitrogen and oxygen atoms in total. The minimum absolute atomic E-state index is 0.0642. The number of carboxylic acids is 1. The first-order chi connectivity index (χ1) is 17.1. The monoisotopic (exact) mass is 506 g/mol. The van der Waals surface area contributed by atoms with E-state index in [1.54, 1.807) is 0 Å². The summed E-state index contributed by atoms with van der Waals surface area (Å²) in [6.07, 6.45) is 0.462. The molecular weight excluding hydrogens is 476 g/mol. The van der Waals surface area contributed by atoms with Crippen LogP contribution in [0.3, 0.4) is 0 Å². The van der Waals surface area contributed by atoms with Gasteiger partial charge in [0.1, 0.15) is 24.7 Å². The van der Waals surface area contributed by atoms with E-state index in [-0.39, 0.29) is 37.7 Å². The van der Waals surface area contributed by atoms with E-state index in [0.717, 1.165) is 0 Å². The molecule has 0 aliphatic rings. The van der Waals surface area contributed by atoms with Gasteiger partial charge in [0.15, 0.2) is 0 Å². The fourth-order valence-electron chi connectivity index (χ4n) is 3.06. The van der Waals surface area contributed by atoms with Crippen LogP contribution in [-0.4, -0.2) is 72.1 Å². The van der Waals surface area contributed by atoms with Crippen molar-refractivity contribution in [3.8, 4) is 0 Å². The first kappa shape index (κ1) is 29.7. The molecule has 0 bridgehead atoms. The van der Waals surface area contributed by atoms with Crippen LogP contribution in [0.1, 0.15) is 42.5 Å². The quantitative estimate of drug-likeness (QED) is 0.131. The van der Waals surface area contributed by atoms with E-state index >= 15 is 0 Å². The summed E-state index contributed by atoms with van der Waals surface area (Å²) in [6.45, 7) is 0.192. The van der Waals surface area contributed by atoms with E-state index in [4.69, 9.17) is 16.6 Å². The van der Waals surface area contributed by atoms with Crippen LogP contribution in [0.15, 0.2) is 24.3 Å². The second kappa shape index (κ2) is 15.5. The Morgan fingerprint density at radius 2 is 1.53 bits per heavy atom. The van der Waals surface area contributed by atoms with Crippen LogP contribution in [0.25, 0.3) is 0 Å². The van der Waals surface area contributed by atoms with Crippen molar-refractivity contribution < 1.29 is 38.7 Å². The maximum Gasteiger partial charge on any atom is 0.316 e. The van der Waals surface area contributed by atoms with E-state index in [1.807, 2.05) is 0 Å². The maximum atomic E-state index is 12.9. The summed E-state index contributed by atoms with van der Waals surface area (Å²) in [4.78, 5) is 81.9. The minimum atomic E-state index is -1.30. The zero-order valence-electron chi connectivity index (χ0n) is 19.4. The standard InChI is InChI=1S/C22H30N6O8/c23-9-1-3-16(20(34)25-15(12-30)11-18(31)32)28-21(35)17(4-2-10-29)27-19(33)13-5-7-14(8-6-13)26-22(24)36/h5-8,10,12,15-17H,1-4,9,11,23H2,(H,25,34)(H,27,33)(H,28,35)(H,31,32)(H3,24,26,36). The molecule has 9 N–H and O–H groups in total. The number of rotatable bonds is 16.